The Morgan fingerprint density at radius 2 is 1.30 bits per heavy atom. The lowest BCUT2D eigenvalue weighted by Crippen LogP contribution is -2.28. The lowest BCUT2D eigenvalue weighted by molar-refractivity contribution is 0.795. The third-order valence-corrected chi connectivity index (χ3v) is 8.50. The van der Waals surface area contributed by atoms with Crippen LogP contribution in [0.25, 0.3) is 56.2 Å². The van der Waals surface area contributed by atoms with Gasteiger partial charge in [0.15, 0.2) is 0 Å². The van der Waals surface area contributed by atoms with E-state index in [1.807, 2.05) is 61.8 Å². The molecule has 0 fully saturated rings. The number of fused-ring (bicyclic) bond motifs is 2. The molecule has 3 heterocycles. The van der Waals surface area contributed by atoms with Gasteiger partial charge in [0.05, 0.1) is 17.1 Å². The molecule has 3 aromatic heterocycles. The average Bonchev–Trinajstić information content (AvgIpc) is 3.60. The number of aromatic nitrogens is 3. The topological polar surface area (TPSA) is 44.8 Å². The second-order valence-electron chi connectivity index (χ2n) is 11.6. The van der Waals surface area contributed by atoms with Gasteiger partial charge in [-0.3, -0.25) is 9.97 Å². The number of aromatic amines is 1. The molecule has 0 aliphatic carbocycles. The number of pyridine rings is 2. The Balaban J connectivity index is 1.20. The number of H-pyrrole nitrogens is 1. The molecule has 0 spiro atoms. The van der Waals surface area contributed by atoms with Crippen LogP contribution in [0, 0.1) is 0 Å². The lowest BCUT2D eigenvalue weighted by atomic mass is 10.0. The molecular weight excluding hydrogens is 573 g/mol. The van der Waals surface area contributed by atoms with Gasteiger partial charge in [0.2, 0.25) is 0 Å². The summed E-state index contributed by atoms with van der Waals surface area (Å²) in [4.78, 5) is 15.0. The number of rotatable bonds is 10. The van der Waals surface area contributed by atoms with Crippen molar-refractivity contribution in [1.29, 1.82) is 0 Å². The average molecular weight is 609 g/mol. The second kappa shape index (κ2) is 13.6. The van der Waals surface area contributed by atoms with Crippen LogP contribution in [-0.2, 0) is 0 Å². The minimum absolute atomic E-state index is 0.0206. The Bertz CT molecular complexity index is 2200. The zero-order valence-corrected chi connectivity index (χ0v) is 26.4. The smallest absolute Gasteiger partial charge is 0.0702 e. The Labute approximate surface area is 276 Å². The zero-order valence-electron chi connectivity index (χ0n) is 26.4. The second-order valence-corrected chi connectivity index (χ2v) is 11.6. The first-order valence-electron chi connectivity index (χ1n) is 16.0. The van der Waals surface area contributed by atoms with Crippen molar-refractivity contribution in [3.8, 4) is 22.3 Å². The van der Waals surface area contributed by atoms with Crippen LogP contribution in [0.1, 0.15) is 24.6 Å². The third-order valence-electron chi connectivity index (χ3n) is 8.50. The van der Waals surface area contributed by atoms with Crippen LogP contribution in [-0.4, -0.2) is 21.0 Å². The normalized spacial score (nSPS) is 12.3. The van der Waals surface area contributed by atoms with Gasteiger partial charge in [0.25, 0.3) is 0 Å². The van der Waals surface area contributed by atoms with Gasteiger partial charge in [-0.1, -0.05) is 85.0 Å². The Morgan fingerprint density at radius 1 is 0.681 bits per heavy atom. The molecule has 4 nitrogen and oxygen atoms in total. The van der Waals surface area contributed by atoms with E-state index >= 15 is 0 Å². The summed E-state index contributed by atoms with van der Waals surface area (Å²) in [6, 6.07) is 40.6. The summed E-state index contributed by atoms with van der Waals surface area (Å²) in [7, 11) is 0. The van der Waals surface area contributed by atoms with Crippen LogP contribution in [0.2, 0.25) is 0 Å². The fraction of sp³-hybridized carbons (Fsp3) is 0.0698. The van der Waals surface area contributed by atoms with E-state index in [2.05, 4.69) is 136 Å². The van der Waals surface area contributed by atoms with Crippen molar-refractivity contribution in [2.24, 2.45) is 0 Å². The van der Waals surface area contributed by atoms with E-state index < -0.39 is 0 Å². The number of hydrogen-bond acceptors (Lipinski definition) is 3. The van der Waals surface area contributed by atoms with Gasteiger partial charge in [-0.05, 0) is 96.3 Å². The number of anilines is 2. The van der Waals surface area contributed by atoms with Gasteiger partial charge in [-0.25, -0.2) is 0 Å². The molecule has 0 amide bonds. The quantitative estimate of drug-likeness (QED) is 0.157. The molecule has 228 valence electrons. The summed E-state index contributed by atoms with van der Waals surface area (Å²) < 4.78 is 0. The lowest BCUT2D eigenvalue weighted by Gasteiger charge is -2.32. The first-order chi connectivity index (χ1) is 23.2. The van der Waals surface area contributed by atoms with Crippen molar-refractivity contribution in [3.63, 3.8) is 0 Å². The zero-order chi connectivity index (χ0) is 32.0. The molecule has 0 saturated carbocycles. The van der Waals surface area contributed by atoms with E-state index in [9.17, 15) is 0 Å². The van der Waals surface area contributed by atoms with Crippen molar-refractivity contribution in [2.75, 3.05) is 4.90 Å². The molecule has 0 radical (unpaired) electrons. The molecule has 1 unspecified atom stereocenters. The number of hydrogen-bond donors (Lipinski definition) is 1. The number of nitrogens with zero attached hydrogens (tertiary/aromatic N) is 3. The highest BCUT2D eigenvalue weighted by Gasteiger charge is 2.18. The third kappa shape index (κ3) is 6.54. The van der Waals surface area contributed by atoms with Gasteiger partial charge in [0.1, 0.15) is 0 Å². The van der Waals surface area contributed by atoms with Crippen LogP contribution in [0.15, 0.2) is 159 Å². The Kier molecular flexibility index (Phi) is 8.56. The van der Waals surface area contributed by atoms with E-state index in [0.29, 0.717) is 0 Å². The van der Waals surface area contributed by atoms with Crippen LogP contribution in [0.4, 0.5) is 11.4 Å². The van der Waals surface area contributed by atoms with Crippen LogP contribution >= 0.6 is 0 Å². The molecule has 7 rings (SSSR count). The van der Waals surface area contributed by atoms with Crippen LogP contribution < -0.4 is 4.90 Å². The molecule has 0 saturated heterocycles. The van der Waals surface area contributed by atoms with Crippen molar-refractivity contribution < 1.29 is 0 Å². The number of allylic oxidation sites excluding steroid dienone is 1. The predicted molar refractivity (Wildman–Crippen MR) is 200 cm³/mol. The first kappa shape index (κ1) is 29.7. The minimum atomic E-state index is 0.0206. The largest absolute Gasteiger partial charge is 0.361 e. The van der Waals surface area contributed by atoms with E-state index in [4.69, 9.17) is 0 Å². The summed E-state index contributed by atoms with van der Waals surface area (Å²) >= 11 is 0. The number of nitrogens with one attached hydrogen (secondary N) is 1. The van der Waals surface area contributed by atoms with Gasteiger partial charge in [0, 0.05) is 52.0 Å². The van der Waals surface area contributed by atoms with Gasteiger partial charge in [-0.15, -0.1) is 6.58 Å². The van der Waals surface area contributed by atoms with Crippen LogP contribution in [0.5, 0.6) is 0 Å². The maximum absolute atomic E-state index is 4.68. The monoisotopic (exact) mass is 608 g/mol. The molecule has 4 aromatic carbocycles. The molecular formula is C43H36N4. The molecule has 0 aliphatic heterocycles. The number of para-hydroxylation sites is 2. The van der Waals surface area contributed by atoms with Crippen molar-refractivity contribution in [2.45, 2.75) is 19.4 Å². The summed E-state index contributed by atoms with van der Waals surface area (Å²) in [6.45, 7) is 6.30. The maximum atomic E-state index is 4.68. The highest BCUT2D eigenvalue weighted by Crippen LogP contribution is 2.34. The Morgan fingerprint density at radius 3 is 1.96 bits per heavy atom. The van der Waals surface area contributed by atoms with Gasteiger partial charge < -0.3 is 9.88 Å². The fourth-order valence-corrected chi connectivity index (χ4v) is 6.07. The molecule has 47 heavy (non-hydrogen) atoms. The molecule has 4 heteroatoms. The van der Waals surface area contributed by atoms with Gasteiger partial charge in [-0.2, -0.15) is 0 Å². The highest BCUT2D eigenvalue weighted by atomic mass is 15.2. The van der Waals surface area contributed by atoms with E-state index in [1.54, 1.807) is 0 Å². The van der Waals surface area contributed by atoms with Crippen molar-refractivity contribution in [1.82, 2.24) is 15.0 Å². The molecule has 1 N–H and O–H groups in total. The Hall–Kier alpha value is -6.00. The summed E-state index contributed by atoms with van der Waals surface area (Å²) in [5, 5.41) is 2.27. The highest BCUT2D eigenvalue weighted by molar-refractivity contribution is 5.84. The van der Waals surface area contributed by atoms with Crippen molar-refractivity contribution in [3.05, 3.63) is 170 Å². The standard InChI is InChI=1S/C43H36N4/c1-3-10-38-27-37(29-44-38)33-19-23-41(24-20-33)47(39(4-2)14-9-11-31-25-34-12-5-7-15-42(34)45-28-31)40-21-17-32(18-22-40)36-26-35-13-6-8-16-43(35)46-30-36/h3-13,15-30,39,44H,2,14H2,1H3/b10-3-,11-9+. The van der Waals surface area contributed by atoms with E-state index in [1.165, 1.54) is 5.56 Å². The molecule has 0 bridgehead atoms. The predicted octanol–water partition coefficient (Wildman–Crippen LogP) is 11.3. The maximum Gasteiger partial charge on any atom is 0.0702 e. The molecule has 1 atom stereocenters. The summed E-state index contributed by atoms with van der Waals surface area (Å²) in [5.74, 6) is 0. The first-order valence-corrected chi connectivity index (χ1v) is 16.0. The van der Waals surface area contributed by atoms with Crippen molar-refractivity contribution >= 4 is 45.3 Å². The SMILES string of the molecule is C=CC(C/C=C/c1cnc2ccccc2c1)N(c1ccc(-c2c[nH]c(/C=C\C)c2)cc1)c1ccc(-c2cnc3ccccc3c2)cc1. The minimum Gasteiger partial charge on any atom is -0.361 e. The summed E-state index contributed by atoms with van der Waals surface area (Å²) in [6.07, 6.45) is 17.2. The van der Waals surface area contributed by atoms with E-state index in [0.717, 1.165) is 67.5 Å². The van der Waals surface area contributed by atoms with Gasteiger partial charge >= 0.3 is 0 Å². The number of benzene rings is 4. The van der Waals surface area contributed by atoms with E-state index in [-0.39, 0.29) is 6.04 Å². The van der Waals surface area contributed by atoms with Crippen LogP contribution in [0.3, 0.4) is 0 Å². The molecule has 0 aliphatic rings. The molecule has 7 aromatic rings. The fourth-order valence-electron chi connectivity index (χ4n) is 6.07. The summed E-state index contributed by atoms with van der Waals surface area (Å²) in [5.41, 5.74) is 10.9.